The first-order chi connectivity index (χ1) is 20.4. The minimum absolute atomic E-state index is 0.0244. The van der Waals surface area contributed by atoms with Crippen molar-refractivity contribution in [2.75, 3.05) is 53.0 Å². The van der Waals surface area contributed by atoms with E-state index in [1.54, 1.807) is 24.4 Å². The minimum atomic E-state index is -0.526. The quantitative estimate of drug-likeness (QED) is 0.292. The fourth-order valence-corrected chi connectivity index (χ4v) is 6.44. The lowest BCUT2D eigenvalue weighted by molar-refractivity contribution is 0.104. The molecule has 1 aliphatic carbocycles. The van der Waals surface area contributed by atoms with Crippen molar-refractivity contribution in [3.05, 3.63) is 57.6 Å². The molecule has 10 heteroatoms. The van der Waals surface area contributed by atoms with Crippen molar-refractivity contribution < 1.29 is 28.1 Å². The zero-order valence-corrected chi connectivity index (χ0v) is 24.4. The normalized spacial score (nSPS) is 20.2. The summed E-state index contributed by atoms with van der Waals surface area (Å²) in [6.07, 6.45) is 8.55. The molecule has 2 aromatic carbocycles. The molecule has 6 rings (SSSR count). The number of halogens is 1. The molecule has 0 bridgehead atoms. The zero-order valence-electron chi connectivity index (χ0n) is 24.4. The molecule has 0 amide bonds. The third kappa shape index (κ3) is 4.87. The molecule has 42 heavy (non-hydrogen) atoms. The number of hydrogen-bond donors (Lipinski definition) is 1. The summed E-state index contributed by atoms with van der Waals surface area (Å²) in [5.74, 6) is 1.11. The number of nitrogens with zero attached hydrogens (tertiary/aromatic N) is 2. The van der Waals surface area contributed by atoms with Crippen molar-refractivity contribution in [3.63, 3.8) is 0 Å². The highest BCUT2D eigenvalue weighted by molar-refractivity contribution is 6.08. The average molecular weight is 578 g/mol. The summed E-state index contributed by atoms with van der Waals surface area (Å²) in [7, 11) is 6.05. The predicted octanol–water partition coefficient (Wildman–Crippen LogP) is 4.59. The number of pyridine rings is 1. The van der Waals surface area contributed by atoms with E-state index < -0.39 is 17.0 Å². The fraction of sp³-hybridized carbons (Fsp3) is 0.438. The van der Waals surface area contributed by atoms with Crippen LogP contribution in [0.1, 0.15) is 47.6 Å². The highest BCUT2D eigenvalue weighted by Crippen LogP contribution is 2.45. The van der Waals surface area contributed by atoms with Gasteiger partial charge in [0.2, 0.25) is 11.2 Å². The van der Waals surface area contributed by atoms with Crippen molar-refractivity contribution in [2.45, 2.75) is 37.8 Å². The smallest absolute Gasteiger partial charge is 0.203 e. The summed E-state index contributed by atoms with van der Waals surface area (Å²) in [6.45, 7) is 2.38. The summed E-state index contributed by atoms with van der Waals surface area (Å²) >= 11 is 0. The molecule has 9 nitrogen and oxygen atoms in total. The lowest BCUT2D eigenvalue weighted by Crippen LogP contribution is -2.40. The molecule has 222 valence electrons. The summed E-state index contributed by atoms with van der Waals surface area (Å²) in [5, 5.41) is 3.70. The van der Waals surface area contributed by atoms with Crippen LogP contribution in [-0.4, -0.2) is 64.5 Å². The van der Waals surface area contributed by atoms with Gasteiger partial charge in [-0.1, -0.05) is 6.08 Å². The number of methoxy groups -OCH3 is 4. The highest BCUT2D eigenvalue weighted by Gasteiger charge is 2.38. The first kappa shape index (κ1) is 28.1. The number of carbonyl (C=O) groups is 1. The van der Waals surface area contributed by atoms with Crippen LogP contribution >= 0.6 is 0 Å². The maximum absolute atomic E-state index is 15.9. The first-order valence-electron chi connectivity index (χ1n) is 14.3. The number of hydrogen-bond acceptors (Lipinski definition) is 8. The van der Waals surface area contributed by atoms with E-state index in [1.807, 2.05) is 9.47 Å². The van der Waals surface area contributed by atoms with Crippen LogP contribution in [0.25, 0.3) is 17.0 Å². The van der Waals surface area contributed by atoms with Gasteiger partial charge in [-0.3, -0.25) is 9.59 Å². The van der Waals surface area contributed by atoms with E-state index >= 15 is 4.39 Å². The summed E-state index contributed by atoms with van der Waals surface area (Å²) in [4.78, 5) is 29.2. The molecular weight excluding hydrogens is 541 g/mol. The summed E-state index contributed by atoms with van der Waals surface area (Å²) < 4.78 is 39.9. The second-order valence-corrected chi connectivity index (χ2v) is 11.2. The standard InChI is InChI=1S/C32H36FN3O6/c1-39-26-12-18(13-27(40-2)31(26)41-3)7-10-25(37)22-16-36(20-8-9-20)28-21(30(22)38)14-23(33)29(32(28)42-4)35-15-19-6-5-11-34-24(19)17-35/h7,10,12-14,16,19-20,24,34H,5-6,8-9,11,15,17H2,1-4H3. The van der Waals surface area contributed by atoms with Crippen LogP contribution < -0.4 is 34.6 Å². The molecule has 2 aliphatic heterocycles. The Morgan fingerprint density at radius 1 is 0.976 bits per heavy atom. The third-order valence-electron chi connectivity index (χ3n) is 8.64. The number of fused-ring (bicyclic) bond motifs is 2. The first-order valence-corrected chi connectivity index (χ1v) is 14.3. The van der Waals surface area contributed by atoms with E-state index in [1.165, 1.54) is 40.6 Å². The number of nitrogens with one attached hydrogen (secondary N) is 1. The molecule has 0 radical (unpaired) electrons. The monoisotopic (exact) mass is 577 g/mol. The van der Waals surface area contributed by atoms with Crippen LogP contribution in [0, 0.1) is 11.7 Å². The molecule has 1 aromatic heterocycles. The molecule has 0 spiro atoms. The van der Waals surface area contributed by atoms with Gasteiger partial charge < -0.3 is 33.7 Å². The molecule has 2 atom stereocenters. The summed E-state index contributed by atoms with van der Waals surface area (Å²) in [6, 6.07) is 5.11. The van der Waals surface area contributed by atoms with E-state index in [9.17, 15) is 9.59 Å². The second kappa shape index (κ2) is 11.3. The zero-order chi connectivity index (χ0) is 29.5. The Morgan fingerprint density at radius 2 is 1.69 bits per heavy atom. The van der Waals surface area contributed by atoms with E-state index in [0.717, 1.165) is 38.8 Å². The van der Waals surface area contributed by atoms with Gasteiger partial charge in [-0.25, -0.2) is 4.39 Å². The van der Waals surface area contributed by atoms with E-state index in [2.05, 4.69) is 5.32 Å². The number of benzene rings is 2. The van der Waals surface area contributed by atoms with Crippen LogP contribution in [0.2, 0.25) is 0 Å². The molecule has 1 saturated carbocycles. The lowest BCUT2D eigenvalue weighted by Gasteiger charge is -2.25. The fourth-order valence-electron chi connectivity index (χ4n) is 6.44. The number of rotatable bonds is 9. The number of aromatic nitrogens is 1. The third-order valence-corrected chi connectivity index (χ3v) is 8.64. The topological polar surface area (TPSA) is 91.3 Å². The largest absolute Gasteiger partial charge is 0.493 e. The van der Waals surface area contributed by atoms with Gasteiger partial charge in [-0.2, -0.15) is 0 Å². The molecule has 3 aromatic rings. The number of piperidine rings is 1. The van der Waals surface area contributed by atoms with E-state index in [-0.39, 0.29) is 17.0 Å². The Labute approximate surface area is 243 Å². The van der Waals surface area contributed by atoms with Crippen LogP contribution in [0.15, 0.2) is 35.3 Å². The van der Waals surface area contributed by atoms with Gasteiger partial charge in [-0.15, -0.1) is 0 Å². The van der Waals surface area contributed by atoms with Gasteiger partial charge in [0.15, 0.2) is 28.8 Å². The maximum Gasteiger partial charge on any atom is 0.203 e. The second-order valence-electron chi connectivity index (χ2n) is 11.2. The number of ether oxygens (including phenoxy) is 4. The minimum Gasteiger partial charge on any atom is -0.493 e. The van der Waals surface area contributed by atoms with Crippen molar-refractivity contribution in [1.82, 2.24) is 9.88 Å². The van der Waals surface area contributed by atoms with Crippen molar-refractivity contribution >= 4 is 28.4 Å². The molecule has 3 fully saturated rings. The van der Waals surface area contributed by atoms with Crippen LogP contribution in [0.4, 0.5) is 10.1 Å². The Bertz CT molecular complexity index is 1590. The lowest BCUT2D eigenvalue weighted by atomic mass is 9.94. The number of anilines is 1. The molecule has 3 aliphatic rings. The number of carbonyl (C=O) groups excluding carboxylic acids is 1. The van der Waals surface area contributed by atoms with E-state index in [0.29, 0.717) is 58.3 Å². The molecule has 2 unspecified atom stereocenters. The van der Waals surface area contributed by atoms with E-state index in [4.69, 9.17) is 18.9 Å². The molecular formula is C32H36FN3O6. The number of ketones is 1. The highest BCUT2D eigenvalue weighted by atomic mass is 19.1. The SMILES string of the molecule is COc1cc(C=CC(=O)c2cn(C3CC3)c3c(OC)c(N4CC5CCCNC5C4)c(F)cc3c2=O)cc(OC)c1OC. The Kier molecular flexibility index (Phi) is 7.57. The predicted molar refractivity (Wildman–Crippen MR) is 159 cm³/mol. The van der Waals surface area contributed by atoms with Gasteiger partial charge in [0.05, 0.1) is 44.9 Å². The Morgan fingerprint density at radius 3 is 2.31 bits per heavy atom. The van der Waals surface area contributed by atoms with Crippen LogP contribution in [0.5, 0.6) is 23.0 Å². The van der Waals surface area contributed by atoms with Gasteiger partial charge in [0, 0.05) is 31.4 Å². The van der Waals surface area contributed by atoms with Crippen molar-refractivity contribution in [3.8, 4) is 23.0 Å². The Hall–Kier alpha value is -4.05. The molecule has 1 N–H and O–H groups in total. The van der Waals surface area contributed by atoms with Gasteiger partial charge in [0.25, 0.3) is 0 Å². The van der Waals surface area contributed by atoms with Crippen LogP contribution in [-0.2, 0) is 0 Å². The molecule has 2 saturated heterocycles. The van der Waals surface area contributed by atoms with Gasteiger partial charge in [0.1, 0.15) is 5.69 Å². The maximum atomic E-state index is 15.9. The summed E-state index contributed by atoms with van der Waals surface area (Å²) in [5.41, 5.74) is 0.996. The number of allylic oxidation sites excluding steroid dienone is 1. The molecule has 3 heterocycles. The van der Waals surface area contributed by atoms with Gasteiger partial charge in [-0.05, 0) is 68.0 Å². The van der Waals surface area contributed by atoms with Crippen molar-refractivity contribution in [2.24, 2.45) is 5.92 Å². The average Bonchev–Trinajstić information content (AvgIpc) is 3.76. The van der Waals surface area contributed by atoms with Gasteiger partial charge >= 0.3 is 0 Å². The van der Waals surface area contributed by atoms with Crippen LogP contribution in [0.3, 0.4) is 0 Å². The van der Waals surface area contributed by atoms with Crippen molar-refractivity contribution in [1.29, 1.82) is 0 Å². The Balaban J connectivity index is 1.41.